The number of rotatable bonds is 11. The van der Waals surface area contributed by atoms with Crippen molar-refractivity contribution in [2.75, 3.05) is 12.4 Å². The number of aldehydes is 1. The molecule has 0 saturated heterocycles. The molecule has 0 bridgehead atoms. The first-order chi connectivity index (χ1) is 11.5. The maximum absolute atomic E-state index is 11.8. The van der Waals surface area contributed by atoms with E-state index in [1.165, 1.54) is 23.9 Å². The Labute approximate surface area is 147 Å². The number of thioether (sulfide) groups is 1. The molecule has 0 aliphatic heterocycles. The number of carbonyl (C=O) groups is 2. The first-order valence-electron chi connectivity index (χ1n) is 8.31. The molecule has 24 heavy (non-hydrogen) atoms. The third-order valence-corrected chi connectivity index (χ3v) is 4.89. The molecule has 6 heteroatoms. The van der Waals surface area contributed by atoms with E-state index in [-0.39, 0.29) is 29.5 Å². The molecule has 0 spiro atoms. The smallest absolute Gasteiger partial charge is 0.306 e. The van der Waals surface area contributed by atoms with Crippen molar-refractivity contribution in [1.29, 1.82) is 0 Å². The second kappa shape index (κ2) is 11.0. The van der Waals surface area contributed by atoms with Gasteiger partial charge in [-0.15, -0.1) is 11.8 Å². The summed E-state index contributed by atoms with van der Waals surface area (Å²) in [5.41, 5.74) is 0.286. The Kier molecular flexibility index (Phi) is 9.30. The van der Waals surface area contributed by atoms with Gasteiger partial charge < -0.3 is 14.9 Å². The van der Waals surface area contributed by atoms with E-state index in [4.69, 9.17) is 4.74 Å². The molecule has 0 aromatic heterocycles. The summed E-state index contributed by atoms with van der Waals surface area (Å²) in [6.07, 6.45) is 5.20. The SMILES string of the molecule is CCCCC(CC)COC(=O)CCSc1cc(O)c(O)cc1C=O. The van der Waals surface area contributed by atoms with Gasteiger partial charge in [-0.05, 0) is 24.5 Å². The van der Waals surface area contributed by atoms with Crippen LogP contribution < -0.4 is 0 Å². The van der Waals surface area contributed by atoms with Gasteiger partial charge in [-0.2, -0.15) is 0 Å². The quantitative estimate of drug-likeness (QED) is 0.269. The summed E-state index contributed by atoms with van der Waals surface area (Å²) in [5.74, 6) is -0.0216. The number of hydrogen-bond donors (Lipinski definition) is 2. The molecule has 2 N–H and O–H groups in total. The van der Waals surface area contributed by atoms with Gasteiger partial charge in [0.1, 0.15) is 0 Å². The monoisotopic (exact) mass is 354 g/mol. The van der Waals surface area contributed by atoms with Gasteiger partial charge >= 0.3 is 5.97 Å². The average Bonchev–Trinajstić information content (AvgIpc) is 2.58. The molecule has 1 atom stereocenters. The Bertz CT molecular complexity index is 544. The Balaban J connectivity index is 2.40. The average molecular weight is 354 g/mol. The summed E-state index contributed by atoms with van der Waals surface area (Å²) in [4.78, 5) is 23.3. The van der Waals surface area contributed by atoms with Crippen molar-refractivity contribution < 1.29 is 24.5 Å². The van der Waals surface area contributed by atoms with E-state index >= 15 is 0 Å². The predicted octanol–water partition coefficient (Wildman–Crippen LogP) is 4.15. The number of benzene rings is 1. The van der Waals surface area contributed by atoms with Crippen molar-refractivity contribution in [3.8, 4) is 11.5 Å². The lowest BCUT2D eigenvalue weighted by Gasteiger charge is -2.14. The topological polar surface area (TPSA) is 83.8 Å². The molecule has 134 valence electrons. The number of carbonyl (C=O) groups excluding carboxylic acids is 2. The van der Waals surface area contributed by atoms with Crippen LogP contribution in [0.3, 0.4) is 0 Å². The Hall–Kier alpha value is -1.69. The van der Waals surface area contributed by atoms with Crippen LogP contribution in [0.4, 0.5) is 0 Å². The van der Waals surface area contributed by atoms with Crippen molar-refractivity contribution in [3.63, 3.8) is 0 Å². The minimum absolute atomic E-state index is 0.231. The molecular formula is C18H26O5S. The summed E-state index contributed by atoms with van der Waals surface area (Å²) < 4.78 is 5.32. The normalized spacial score (nSPS) is 11.9. The standard InChI is InChI=1S/C18H26O5S/c1-3-5-6-13(4-2)12-23-18(22)7-8-24-17-10-16(21)15(20)9-14(17)11-19/h9-11,13,20-21H,3-8,12H2,1-2H3. The number of esters is 1. The van der Waals surface area contributed by atoms with E-state index in [1.807, 2.05) is 0 Å². The molecule has 1 aromatic rings. The van der Waals surface area contributed by atoms with Crippen LogP contribution >= 0.6 is 11.8 Å². The highest BCUT2D eigenvalue weighted by Gasteiger charge is 2.12. The molecule has 0 fully saturated rings. The minimum Gasteiger partial charge on any atom is -0.504 e. The molecule has 1 unspecified atom stereocenters. The maximum Gasteiger partial charge on any atom is 0.306 e. The van der Waals surface area contributed by atoms with E-state index in [9.17, 15) is 19.8 Å². The molecule has 0 aliphatic carbocycles. The first-order valence-corrected chi connectivity index (χ1v) is 9.29. The molecule has 0 heterocycles. The van der Waals surface area contributed by atoms with Crippen molar-refractivity contribution in [2.24, 2.45) is 5.92 Å². The lowest BCUT2D eigenvalue weighted by molar-refractivity contribution is -0.144. The molecule has 0 radical (unpaired) electrons. The van der Waals surface area contributed by atoms with Gasteiger partial charge in [-0.25, -0.2) is 0 Å². The van der Waals surface area contributed by atoms with Crippen LogP contribution in [0, 0.1) is 5.92 Å². The zero-order chi connectivity index (χ0) is 17.9. The third kappa shape index (κ3) is 6.83. The van der Waals surface area contributed by atoms with Crippen molar-refractivity contribution in [1.82, 2.24) is 0 Å². The van der Waals surface area contributed by atoms with E-state index in [2.05, 4.69) is 13.8 Å². The Morgan fingerprint density at radius 1 is 1.29 bits per heavy atom. The lowest BCUT2D eigenvalue weighted by Crippen LogP contribution is -2.14. The number of phenols is 2. The van der Waals surface area contributed by atoms with E-state index in [0.29, 0.717) is 29.5 Å². The molecule has 1 rings (SSSR count). The number of unbranched alkanes of at least 4 members (excludes halogenated alkanes) is 1. The fourth-order valence-corrected chi connectivity index (χ4v) is 3.17. The molecule has 0 aliphatic rings. The molecule has 0 amide bonds. The Morgan fingerprint density at radius 2 is 2.00 bits per heavy atom. The highest BCUT2D eigenvalue weighted by atomic mass is 32.2. The fraction of sp³-hybridized carbons (Fsp3) is 0.556. The lowest BCUT2D eigenvalue weighted by atomic mass is 10.0. The summed E-state index contributed by atoms with van der Waals surface area (Å²) >= 11 is 1.27. The van der Waals surface area contributed by atoms with Gasteiger partial charge in [0.2, 0.25) is 0 Å². The number of hydrogen-bond acceptors (Lipinski definition) is 6. The first kappa shape index (κ1) is 20.4. The molecule has 1 aromatic carbocycles. The van der Waals surface area contributed by atoms with Gasteiger partial charge in [0.15, 0.2) is 17.8 Å². The highest BCUT2D eigenvalue weighted by Crippen LogP contribution is 2.33. The second-order valence-electron chi connectivity index (χ2n) is 5.69. The van der Waals surface area contributed by atoms with E-state index in [1.54, 1.807) is 0 Å². The van der Waals surface area contributed by atoms with Crippen molar-refractivity contribution >= 4 is 24.0 Å². The van der Waals surface area contributed by atoms with Crippen LogP contribution in [0.15, 0.2) is 17.0 Å². The zero-order valence-corrected chi connectivity index (χ0v) is 15.1. The third-order valence-electron chi connectivity index (χ3n) is 3.82. The van der Waals surface area contributed by atoms with Crippen LogP contribution in [0.25, 0.3) is 0 Å². The largest absolute Gasteiger partial charge is 0.504 e. The van der Waals surface area contributed by atoms with Crippen LogP contribution in [-0.2, 0) is 9.53 Å². The summed E-state index contributed by atoms with van der Waals surface area (Å²) in [5, 5.41) is 18.9. The predicted molar refractivity (Wildman–Crippen MR) is 94.8 cm³/mol. The fourth-order valence-electron chi connectivity index (χ4n) is 2.22. The number of phenolic OH excluding ortho intramolecular Hbond substituents is 2. The minimum atomic E-state index is -0.335. The van der Waals surface area contributed by atoms with Crippen LogP contribution in [0.1, 0.15) is 56.3 Å². The van der Waals surface area contributed by atoms with Crippen molar-refractivity contribution in [2.45, 2.75) is 50.8 Å². The van der Waals surface area contributed by atoms with Gasteiger partial charge in [-0.3, -0.25) is 9.59 Å². The molecule has 0 saturated carbocycles. The molecular weight excluding hydrogens is 328 g/mol. The summed E-state index contributed by atoms with van der Waals surface area (Å²) in [7, 11) is 0. The highest BCUT2D eigenvalue weighted by molar-refractivity contribution is 7.99. The number of aromatic hydroxyl groups is 2. The van der Waals surface area contributed by atoms with Crippen LogP contribution in [0.5, 0.6) is 11.5 Å². The zero-order valence-electron chi connectivity index (χ0n) is 14.3. The summed E-state index contributed by atoms with van der Waals surface area (Å²) in [6, 6.07) is 2.54. The van der Waals surface area contributed by atoms with Crippen molar-refractivity contribution in [3.05, 3.63) is 17.7 Å². The van der Waals surface area contributed by atoms with Crippen LogP contribution in [-0.4, -0.2) is 34.8 Å². The van der Waals surface area contributed by atoms with Gasteiger partial charge in [0, 0.05) is 16.2 Å². The second-order valence-corrected chi connectivity index (χ2v) is 6.83. The van der Waals surface area contributed by atoms with Gasteiger partial charge in [0.05, 0.1) is 13.0 Å². The summed E-state index contributed by atoms with van der Waals surface area (Å²) in [6.45, 7) is 4.70. The van der Waals surface area contributed by atoms with Gasteiger partial charge in [0.25, 0.3) is 0 Å². The van der Waals surface area contributed by atoms with Crippen LogP contribution in [0.2, 0.25) is 0 Å². The van der Waals surface area contributed by atoms with E-state index in [0.717, 1.165) is 25.7 Å². The van der Waals surface area contributed by atoms with E-state index < -0.39 is 0 Å². The Morgan fingerprint density at radius 3 is 2.62 bits per heavy atom. The molecule has 5 nitrogen and oxygen atoms in total. The number of ether oxygens (including phenoxy) is 1. The maximum atomic E-state index is 11.8. The van der Waals surface area contributed by atoms with Gasteiger partial charge in [-0.1, -0.05) is 33.1 Å².